The summed E-state index contributed by atoms with van der Waals surface area (Å²) in [5, 5.41) is 21.2. The van der Waals surface area contributed by atoms with Gasteiger partial charge in [-0.1, -0.05) is 6.92 Å². The summed E-state index contributed by atoms with van der Waals surface area (Å²) in [6.45, 7) is 3.99. The lowest BCUT2D eigenvalue weighted by Crippen LogP contribution is -2.35. The lowest BCUT2D eigenvalue weighted by Gasteiger charge is -2.30. The number of carbonyl (C=O) groups is 1. The van der Waals surface area contributed by atoms with Crippen molar-refractivity contribution in [3.63, 3.8) is 0 Å². The predicted molar refractivity (Wildman–Crippen MR) is 65.2 cm³/mol. The second kappa shape index (κ2) is 5.63. The zero-order chi connectivity index (χ0) is 12.9. The summed E-state index contributed by atoms with van der Waals surface area (Å²) in [5.74, 6) is -1.06. The van der Waals surface area contributed by atoms with Crippen molar-refractivity contribution in [3.8, 4) is 0 Å². The lowest BCUT2D eigenvalue weighted by atomic mass is 9.94. The van der Waals surface area contributed by atoms with Crippen LogP contribution in [-0.2, 0) is 0 Å². The smallest absolute Gasteiger partial charge is 0.356 e. The van der Waals surface area contributed by atoms with Gasteiger partial charge in [-0.2, -0.15) is 0 Å². The number of carboxylic acid groups (broad SMARTS) is 1. The van der Waals surface area contributed by atoms with Gasteiger partial charge in [0.05, 0.1) is 5.69 Å². The number of hydrogen-bond donors (Lipinski definition) is 3. The molecule has 0 fully saturated rings. The first-order valence-electron chi connectivity index (χ1n) is 5.60. The van der Waals surface area contributed by atoms with Crippen molar-refractivity contribution in [1.29, 1.82) is 0 Å². The van der Waals surface area contributed by atoms with Crippen molar-refractivity contribution in [2.75, 3.05) is 11.9 Å². The summed E-state index contributed by atoms with van der Waals surface area (Å²) >= 11 is 0. The molecule has 5 nitrogen and oxygen atoms in total. The van der Waals surface area contributed by atoms with Crippen LogP contribution in [0.3, 0.4) is 0 Å². The van der Waals surface area contributed by atoms with Crippen molar-refractivity contribution >= 4 is 11.7 Å². The van der Waals surface area contributed by atoms with E-state index in [1.54, 1.807) is 12.1 Å². The number of hydrogen-bond acceptors (Lipinski definition) is 4. The molecule has 94 valence electrons. The highest BCUT2D eigenvalue weighted by atomic mass is 16.4. The van der Waals surface area contributed by atoms with E-state index in [1.807, 2.05) is 13.8 Å². The molecule has 3 N–H and O–H groups in total. The Kier molecular flexibility index (Phi) is 4.45. The molecule has 0 aliphatic rings. The van der Waals surface area contributed by atoms with Crippen molar-refractivity contribution in [2.45, 2.75) is 32.2 Å². The second-order valence-corrected chi connectivity index (χ2v) is 4.22. The van der Waals surface area contributed by atoms with Gasteiger partial charge in [0.15, 0.2) is 5.69 Å². The first-order chi connectivity index (χ1) is 8.02. The van der Waals surface area contributed by atoms with Crippen LogP contribution in [0.15, 0.2) is 18.3 Å². The Bertz CT molecular complexity index is 395. The molecule has 0 bridgehead atoms. The van der Waals surface area contributed by atoms with Crippen molar-refractivity contribution < 1.29 is 15.0 Å². The van der Waals surface area contributed by atoms with E-state index in [2.05, 4.69) is 10.3 Å². The molecular formula is C12H18N2O3. The van der Waals surface area contributed by atoms with Gasteiger partial charge >= 0.3 is 5.97 Å². The van der Waals surface area contributed by atoms with Gasteiger partial charge < -0.3 is 15.5 Å². The third-order valence-electron chi connectivity index (χ3n) is 2.89. The minimum Gasteiger partial charge on any atom is -0.476 e. The van der Waals surface area contributed by atoms with Crippen LogP contribution in [0.5, 0.6) is 0 Å². The Labute approximate surface area is 101 Å². The van der Waals surface area contributed by atoms with Crippen LogP contribution in [0.2, 0.25) is 0 Å². The van der Waals surface area contributed by atoms with E-state index in [9.17, 15) is 4.79 Å². The van der Waals surface area contributed by atoms with Gasteiger partial charge in [0.25, 0.3) is 0 Å². The van der Waals surface area contributed by atoms with Crippen LogP contribution in [0.4, 0.5) is 5.69 Å². The third kappa shape index (κ3) is 3.42. The van der Waals surface area contributed by atoms with E-state index in [1.165, 1.54) is 6.20 Å². The highest BCUT2D eigenvalue weighted by Gasteiger charge is 2.23. The molecule has 0 aromatic carbocycles. The average Bonchev–Trinajstić information content (AvgIpc) is 2.29. The zero-order valence-corrected chi connectivity index (χ0v) is 10.1. The maximum absolute atomic E-state index is 11.0. The molecule has 1 heterocycles. The third-order valence-corrected chi connectivity index (χ3v) is 2.89. The van der Waals surface area contributed by atoms with E-state index in [-0.39, 0.29) is 17.8 Å². The summed E-state index contributed by atoms with van der Waals surface area (Å²) in [4.78, 5) is 14.8. The number of carboxylic acids is 1. The van der Waals surface area contributed by atoms with Crippen LogP contribution in [0, 0.1) is 0 Å². The minimum absolute atomic E-state index is 0.00474. The minimum atomic E-state index is -1.06. The van der Waals surface area contributed by atoms with Gasteiger partial charge in [-0.05, 0) is 31.9 Å². The van der Waals surface area contributed by atoms with E-state index in [4.69, 9.17) is 10.2 Å². The molecule has 0 amide bonds. The molecule has 1 aromatic rings. The molecule has 1 rings (SSSR count). The molecule has 17 heavy (non-hydrogen) atoms. The number of nitrogens with one attached hydrogen (secondary N) is 1. The molecule has 1 unspecified atom stereocenters. The maximum Gasteiger partial charge on any atom is 0.356 e. The lowest BCUT2D eigenvalue weighted by molar-refractivity contribution is 0.0691. The quantitative estimate of drug-likeness (QED) is 0.703. The number of anilines is 1. The number of aromatic nitrogens is 1. The van der Waals surface area contributed by atoms with Crippen molar-refractivity contribution in [1.82, 2.24) is 4.98 Å². The molecule has 1 atom stereocenters. The Morgan fingerprint density at radius 3 is 2.82 bits per heavy atom. The monoisotopic (exact) mass is 238 g/mol. The number of rotatable bonds is 6. The molecule has 0 spiro atoms. The van der Waals surface area contributed by atoms with E-state index >= 15 is 0 Å². The standard InChI is InChI=1S/C12H18N2O3/c1-3-12(2,6-8-15)14-9-5-4-7-13-10(9)11(16)17/h4-5,7,14-15H,3,6,8H2,1-2H3,(H,16,17). The van der Waals surface area contributed by atoms with Crippen LogP contribution in [-0.4, -0.2) is 33.3 Å². The molecule has 0 aliphatic heterocycles. The summed E-state index contributed by atoms with van der Waals surface area (Å²) in [6, 6.07) is 3.37. The fourth-order valence-electron chi connectivity index (χ4n) is 1.58. The number of nitrogens with zero attached hydrogens (tertiary/aromatic N) is 1. The fourth-order valence-corrected chi connectivity index (χ4v) is 1.58. The molecular weight excluding hydrogens is 220 g/mol. The second-order valence-electron chi connectivity index (χ2n) is 4.22. The van der Waals surface area contributed by atoms with Gasteiger partial charge in [-0.25, -0.2) is 9.78 Å². The molecule has 0 radical (unpaired) electrons. The first-order valence-corrected chi connectivity index (χ1v) is 5.60. The molecule has 1 aromatic heterocycles. The Hall–Kier alpha value is -1.62. The van der Waals surface area contributed by atoms with Crippen LogP contribution >= 0.6 is 0 Å². The van der Waals surface area contributed by atoms with Gasteiger partial charge in [0.2, 0.25) is 0 Å². The van der Waals surface area contributed by atoms with Crippen LogP contribution in [0.25, 0.3) is 0 Å². The number of pyridine rings is 1. The molecule has 0 aliphatic carbocycles. The summed E-state index contributed by atoms with van der Waals surface area (Å²) in [6.07, 6.45) is 2.78. The number of aromatic carboxylic acids is 1. The first kappa shape index (κ1) is 13.4. The number of aliphatic hydroxyl groups is 1. The summed E-state index contributed by atoms with van der Waals surface area (Å²) in [7, 11) is 0. The van der Waals surface area contributed by atoms with E-state index in [0.717, 1.165) is 6.42 Å². The van der Waals surface area contributed by atoms with Crippen molar-refractivity contribution in [3.05, 3.63) is 24.0 Å². The van der Waals surface area contributed by atoms with Gasteiger partial charge in [0.1, 0.15) is 0 Å². The van der Waals surface area contributed by atoms with Crippen LogP contribution < -0.4 is 5.32 Å². The SMILES string of the molecule is CCC(C)(CCO)Nc1cccnc1C(=O)O. The molecule has 5 heteroatoms. The Morgan fingerprint density at radius 1 is 1.59 bits per heavy atom. The largest absolute Gasteiger partial charge is 0.476 e. The van der Waals surface area contributed by atoms with Gasteiger partial charge in [0, 0.05) is 18.3 Å². The Morgan fingerprint density at radius 2 is 2.29 bits per heavy atom. The van der Waals surface area contributed by atoms with Crippen molar-refractivity contribution in [2.24, 2.45) is 0 Å². The van der Waals surface area contributed by atoms with Crippen LogP contribution in [0.1, 0.15) is 37.2 Å². The van der Waals surface area contributed by atoms with Gasteiger partial charge in [-0.15, -0.1) is 0 Å². The highest BCUT2D eigenvalue weighted by Crippen LogP contribution is 2.23. The van der Waals surface area contributed by atoms with E-state index < -0.39 is 5.97 Å². The predicted octanol–water partition coefficient (Wildman–Crippen LogP) is 1.74. The maximum atomic E-state index is 11.0. The molecule has 0 saturated heterocycles. The topological polar surface area (TPSA) is 82.5 Å². The van der Waals surface area contributed by atoms with E-state index in [0.29, 0.717) is 12.1 Å². The average molecular weight is 238 g/mol. The van der Waals surface area contributed by atoms with Gasteiger partial charge in [-0.3, -0.25) is 0 Å². The summed E-state index contributed by atoms with van der Waals surface area (Å²) < 4.78 is 0. The Balaban J connectivity index is 2.97. The molecule has 0 saturated carbocycles. The number of aliphatic hydroxyl groups excluding tert-OH is 1. The zero-order valence-electron chi connectivity index (χ0n) is 10.1. The normalized spacial score (nSPS) is 14.1. The fraction of sp³-hybridized carbons (Fsp3) is 0.500. The summed E-state index contributed by atoms with van der Waals surface area (Å²) in [5.41, 5.74) is 0.157. The highest BCUT2D eigenvalue weighted by molar-refractivity contribution is 5.91.